The zero-order valence-electron chi connectivity index (χ0n) is 11.0. The first-order chi connectivity index (χ1) is 9.83. The van der Waals surface area contributed by atoms with Gasteiger partial charge in [0, 0.05) is 31.2 Å². The molecule has 0 spiro atoms. The number of aromatic nitrogens is 5. The molecule has 3 aromatic heterocycles. The number of imidazole rings is 1. The summed E-state index contributed by atoms with van der Waals surface area (Å²) in [5.74, 6) is 0. The van der Waals surface area contributed by atoms with Crippen LogP contribution >= 0.6 is 0 Å². The number of aryl methyl sites for hydroxylation is 1. The first-order valence-corrected chi connectivity index (χ1v) is 6.14. The Bertz CT molecular complexity index is 678. The largest absolute Gasteiger partial charge is 0.457 e. The maximum atomic E-state index is 5.52. The number of nitrogens with zero attached hydrogens (tertiary/aromatic N) is 5. The Balaban J connectivity index is 1.69. The molecule has 0 fully saturated rings. The number of pyridine rings is 1. The summed E-state index contributed by atoms with van der Waals surface area (Å²) in [5, 5.41) is 0. The summed E-state index contributed by atoms with van der Waals surface area (Å²) in [6.07, 6.45) is 8.62. The van der Waals surface area contributed by atoms with Crippen molar-refractivity contribution in [1.82, 2.24) is 24.5 Å². The second-order valence-corrected chi connectivity index (χ2v) is 4.25. The van der Waals surface area contributed by atoms with E-state index < -0.39 is 0 Å². The van der Waals surface area contributed by atoms with Crippen LogP contribution in [0.1, 0.15) is 5.69 Å². The third-order valence-electron chi connectivity index (χ3n) is 2.85. The van der Waals surface area contributed by atoms with Gasteiger partial charge in [-0.1, -0.05) is 6.07 Å². The van der Waals surface area contributed by atoms with Crippen LogP contribution in [0.25, 0.3) is 11.3 Å². The van der Waals surface area contributed by atoms with Crippen LogP contribution < -0.4 is 4.74 Å². The molecule has 0 aliphatic heterocycles. The molecule has 0 radical (unpaired) electrons. The van der Waals surface area contributed by atoms with Gasteiger partial charge in [0.05, 0.1) is 23.9 Å². The summed E-state index contributed by atoms with van der Waals surface area (Å²) in [4.78, 5) is 16.6. The third kappa shape index (κ3) is 2.64. The van der Waals surface area contributed by atoms with Crippen LogP contribution in [0.4, 0.5) is 0 Å². The van der Waals surface area contributed by atoms with Gasteiger partial charge in [-0.05, 0) is 12.1 Å². The van der Waals surface area contributed by atoms with Crippen molar-refractivity contribution in [1.29, 1.82) is 0 Å². The molecule has 0 aromatic carbocycles. The molecule has 0 unspecified atom stereocenters. The van der Waals surface area contributed by atoms with E-state index in [-0.39, 0.29) is 0 Å². The van der Waals surface area contributed by atoms with Crippen molar-refractivity contribution in [2.24, 2.45) is 7.05 Å². The van der Waals surface area contributed by atoms with Crippen molar-refractivity contribution >= 4 is 0 Å². The molecule has 6 nitrogen and oxygen atoms in total. The predicted octanol–water partition coefficient (Wildman–Crippen LogP) is 1.85. The zero-order valence-corrected chi connectivity index (χ0v) is 11.0. The lowest BCUT2D eigenvalue weighted by Gasteiger charge is -2.05. The van der Waals surface area contributed by atoms with Gasteiger partial charge in [0.2, 0.25) is 0 Å². The van der Waals surface area contributed by atoms with E-state index in [4.69, 9.17) is 4.74 Å². The van der Waals surface area contributed by atoms with Crippen LogP contribution in [0.2, 0.25) is 0 Å². The first kappa shape index (κ1) is 12.3. The van der Waals surface area contributed by atoms with Crippen LogP contribution in [0.15, 0.2) is 49.3 Å². The summed E-state index contributed by atoms with van der Waals surface area (Å²) in [6.45, 7) is 0.388. The molecule has 0 aliphatic carbocycles. The van der Waals surface area contributed by atoms with Crippen LogP contribution in [0, 0.1) is 0 Å². The molecule has 0 N–H and O–H groups in total. The predicted molar refractivity (Wildman–Crippen MR) is 72.8 cm³/mol. The Morgan fingerprint density at radius 2 is 1.95 bits per heavy atom. The number of ether oxygens (including phenoxy) is 1. The van der Waals surface area contributed by atoms with Crippen molar-refractivity contribution in [2.45, 2.75) is 6.61 Å². The van der Waals surface area contributed by atoms with Gasteiger partial charge in [-0.2, -0.15) is 0 Å². The average molecular weight is 267 g/mol. The minimum absolute atomic E-state index is 0.339. The van der Waals surface area contributed by atoms with E-state index >= 15 is 0 Å². The standard InChI is InChI=1S/C14H13N5O/c1-19-10-15-8-12(19)9-20-14-17-6-11(7-18-14)13-4-2-3-5-16-13/h2-8,10H,9H2,1H3. The van der Waals surface area contributed by atoms with Crippen molar-refractivity contribution in [3.63, 3.8) is 0 Å². The van der Waals surface area contributed by atoms with E-state index in [2.05, 4.69) is 19.9 Å². The fourth-order valence-electron chi connectivity index (χ4n) is 1.72. The molecule has 0 saturated carbocycles. The van der Waals surface area contributed by atoms with E-state index in [0.29, 0.717) is 12.6 Å². The maximum absolute atomic E-state index is 5.52. The van der Waals surface area contributed by atoms with Gasteiger partial charge in [-0.15, -0.1) is 0 Å². The second kappa shape index (κ2) is 5.48. The Kier molecular flexibility index (Phi) is 3.36. The zero-order chi connectivity index (χ0) is 13.8. The minimum atomic E-state index is 0.339. The van der Waals surface area contributed by atoms with Crippen LogP contribution in [-0.2, 0) is 13.7 Å². The molecule has 0 bridgehead atoms. The third-order valence-corrected chi connectivity index (χ3v) is 2.85. The molecule has 0 atom stereocenters. The lowest BCUT2D eigenvalue weighted by atomic mass is 10.2. The quantitative estimate of drug-likeness (QED) is 0.721. The van der Waals surface area contributed by atoms with Gasteiger partial charge in [-0.3, -0.25) is 4.98 Å². The second-order valence-electron chi connectivity index (χ2n) is 4.25. The lowest BCUT2D eigenvalue weighted by molar-refractivity contribution is 0.273. The van der Waals surface area contributed by atoms with Gasteiger partial charge >= 0.3 is 6.01 Å². The van der Waals surface area contributed by atoms with Gasteiger partial charge in [0.25, 0.3) is 0 Å². The summed E-state index contributed by atoms with van der Waals surface area (Å²) < 4.78 is 7.41. The number of hydrogen-bond acceptors (Lipinski definition) is 5. The molecular weight excluding hydrogens is 254 g/mol. The Labute approximate surface area is 116 Å². The van der Waals surface area contributed by atoms with Crippen LogP contribution in [-0.4, -0.2) is 24.5 Å². The van der Waals surface area contributed by atoms with Crippen molar-refractivity contribution in [3.05, 3.63) is 55.0 Å². The summed E-state index contributed by atoms with van der Waals surface area (Å²) in [6, 6.07) is 6.05. The molecule has 20 heavy (non-hydrogen) atoms. The Morgan fingerprint density at radius 1 is 1.10 bits per heavy atom. The molecular formula is C14H13N5O. The minimum Gasteiger partial charge on any atom is -0.457 e. The molecule has 0 saturated heterocycles. The van der Waals surface area contributed by atoms with Gasteiger partial charge < -0.3 is 9.30 Å². The highest BCUT2D eigenvalue weighted by molar-refractivity contribution is 5.56. The van der Waals surface area contributed by atoms with E-state index in [9.17, 15) is 0 Å². The van der Waals surface area contributed by atoms with Crippen LogP contribution in [0.3, 0.4) is 0 Å². The summed E-state index contributed by atoms with van der Waals surface area (Å²) in [5.41, 5.74) is 2.66. The number of rotatable bonds is 4. The van der Waals surface area contributed by atoms with E-state index in [0.717, 1.165) is 17.0 Å². The van der Waals surface area contributed by atoms with Crippen molar-refractivity contribution in [3.8, 4) is 17.3 Å². The fraction of sp³-hybridized carbons (Fsp3) is 0.143. The lowest BCUT2D eigenvalue weighted by Crippen LogP contribution is -2.03. The normalized spacial score (nSPS) is 10.4. The summed E-state index contributed by atoms with van der Waals surface area (Å²) >= 11 is 0. The average Bonchev–Trinajstić information content (AvgIpc) is 2.92. The van der Waals surface area contributed by atoms with Crippen molar-refractivity contribution in [2.75, 3.05) is 0 Å². The Morgan fingerprint density at radius 3 is 2.60 bits per heavy atom. The smallest absolute Gasteiger partial charge is 0.316 e. The maximum Gasteiger partial charge on any atom is 0.316 e. The number of hydrogen-bond donors (Lipinski definition) is 0. The molecule has 3 rings (SSSR count). The van der Waals surface area contributed by atoms with E-state index in [1.165, 1.54) is 0 Å². The van der Waals surface area contributed by atoms with Crippen molar-refractivity contribution < 1.29 is 4.74 Å². The van der Waals surface area contributed by atoms with Gasteiger partial charge in [0.1, 0.15) is 6.61 Å². The Hall–Kier alpha value is -2.76. The highest BCUT2D eigenvalue weighted by Crippen LogP contribution is 2.15. The molecule has 3 heterocycles. The van der Waals surface area contributed by atoms with E-state index in [1.807, 2.05) is 29.8 Å². The van der Waals surface area contributed by atoms with Crippen LogP contribution in [0.5, 0.6) is 6.01 Å². The topological polar surface area (TPSA) is 65.7 Å². The fourth-order valence-corrected chi connectivity index (χ4v) is 1.72. The first-order valence-electron chi connectivity index (χ1n) is 6.14. The molecule has 0 amide bonds. The van der Waals surface area contributed by atoms with E-state index in [1.54, 1.807) is 31.1 Å². The molecule has 0 aliphatic rings. The van der Waals surface area contributed by atoms with Gasteiger partial charge in [-0.25, -0.2) is 15.0 Å². The molecule has 6 heteroatoms. The highest BCUT2D eigenvalue weighted by Gasteiger charge is 2.04. The monoisotopic (exact) mass is 267 g/mol. The SMILES string of the molecule is Cn1cncc1COc1ncc(-c2ccccn2)cn1. The molecule has 3 aromatic rings. The molecule has 100 valence electrons. The highest BCUT2D eigenvalue weighted by atomic mass is 16.5. The van der Waals surface area contributed by atoms with Gasteiger partial charge in [0.15, 0.2) is 0 Å². The summed E-state index contributed by atoms with van der Waals surface area (Å²) in [7, 11) is 1.91.